The molecule has 42 heavy (non-hydrogen) atoms. The third kappa shape index (κ3) is 7.55. The third-order valence-corrected chi connectivity index (χ3v) is 8.49. The molecule has 0 radical (unpaired) electrons. The van der Waals surface area contributed by atoms with Crippen molar-refractivity contribution in [3.05, 3.63) is 100 Å². The van der Waals surface area contributed by atoms with E-state index in [9.17, 15) is 4.79 Å². The number of ether oxygens (including phenoxy) is 3. The highest BCUT2D eigenvalue weighted by atomic mass is 16.6. The van der Waals surface area contributed by atoms with Gasteiger partial charge in [-0.05, 0) is 83.0 Å². The molecule has 5 heteroatoms. The van der Waals surface area contributed by atoms with E-state index in [-0.39, 0.29) is 30.9 Å². The molecule has 1 amide bonds. The van der Waals surface area contributed by atoms with Gasteiger partial charge in [-0.25, -0.2) is 4.79 Å². The van der Waals surface area contributed by atoms with Gasteiger partial charge in [0, 0.05) is 6.54 Å². The first kappa shape index (κ1) is 31.6. The molecule has 5 nitrogen and oxygen atoms in total. The zero-order valence-corrected chi connectivity index (χ0v) is 26.7. The highest BCUT2D eigenvalue weighted by Crippen LogP contribution is 2.39. The summed E-state index contributed by atoms with van der Waals surface area (Å²) in [5.41, 5.74) is 7.52. The lowest BCUT2D eigenvalue weighted by Gasteiger charge is -2.32. The number of methoxy groups -OCH3 is 1. The van der Waals surface area contributed by atoms with Gasteiger partial charge in [0.2, 0.25) is 0 Å². The molecule has 1 saturated heterocycles. The van der Waals surface area contributed by atoms with Crippen LogP contribution in [0.15, 0.2) is 66.7 Å². The van der Waals surface area contributed by atoms with Crippen LogP contribution in [-0.2, 0) is 22.5 Å². The summed E-state index contributed by atoms with van der Waals surface area (Å²) in [5.74, 6) is 2.04. The van der Waals surface area contributed by atoms with Gasteiger partial charge < -0.3 is 19.1 Å². The lowest BCUT2D eigenvalue weighted by atomic mass is 9.82. The standard InChI is InChI=1S/C37H49NO4/c1-24(2)30-21-32(25(3)4)36(33(22-30)26(5)6)27(7)42-35-18-19-38(37(39)41-23-29-12-10-9-11-13-29)34(35)20-28-14-16-31(40-8)17-15-28/h9-17,21-22,24-27,34-35H,18-20,23H2,1-8H3/t27-,34+,35+/m0/s1. The Hall–Kier alpha value is -3.31. The lowest BCUT2D eigenvalue weighted by Crippen LogP contribution is -2.42. The van der Waals surface area contributed by atoms with Gasteiger partial charge in [0.15, 0.2) is 0 Å². The number of benzene rings is 3. The van der Waals surface area contributed by atoms with Crippen LogP contribution in [0.2, 0.25) is 0 Å². The normalized spacial score (nSPS) is 17.7. The Labute approximate surface area is 253 Å². The number of nitrogens with zero attached hydrogens (tertiary/aromatic N) is 1. The molecule has 3 atom stereocenters. The van der Waals surface area contributed by atoms with E-state index in [0.29, 0.717) is 30.7 Å². The Bertz CT molecular complexity index is 1270. The van der Waals surface area contributed by atoms with Gasteiger partial charge in [0.05, 0.1) is 25.4 Å². The van der Waals surface area contributed by atoms with Crippen molar-refractivity contribution in [2.24, 2.45) is 0 Å². The second-order valence-electron chi connectivity index (χ2n) is 12.5. The van der Waals surface area contributed by atoms with E-state index in [1.807, 2.05) is 47.4 Å². The average molecular weight is 572 g/mol. The van der Waals surface area contributed by atoms with Crippen molar-refractivity contribution in [2.75, 3.05) is 13.7 Å². The molecule has 3 aromatic rings. The Morgan fingerprint density at radius 2 is 1.45 bits per heavy atom. The van der Waals surface area contributed by atoms with Gasteiger partial charge >= 0.3 is 6.09 Å². The predicted molar refractivity (Wildman–Crippen MR) is 170 cm³/mol. The molecular weight excluding hydrogens is 522 g/mol. The fourth-order valence-electron chi connectivity index (χ4n) is 6.07. The molecule has 4 rings (SSSR count). The van der Waals surface area contributed by atoms with Crippen LogP contribution in [0.1, 0.15) is 112 Å². The SMILES string of the molecule is COc1ccc(C[C@@H]2[C@H](O[C@@H](C)c3c(C(C)C)cc(C(C)C)cc3C(C)C)CCN2C(=O)OCc2ccccc2)cc1. The van der Waals surface area contributed by atoms with Crippen molar-refractivity contribution in [2.45, 2.75) is 104 Å². The van der Waals surface area contributed by atoms with Crippen LogP contribution in [0.25, 0.3) is 0 Å². The second-order valence-corrected chi connectivity index (χ2v) is 12.5. The van der Waals surface area contributed by atoms with Crippen molar-refractivity contribution in [1.29, 1.82) is 0 Å². The smallest absolute Gasteiger partial charge is 0.410 e. The van der Waals surface area contributed by atoms with E-state index >= 15 is 0 Å². The maximum atomic E-state index is 13.4. The summed E-state index contributed by atoms with van der Waals surface area (Å²) < 4.78 is 18.2. The van der Waals surface area contributed by atoms with Gasteiger partial charge in [-0.3, -0.25) is 0 Å². The molecule has 0 aliphatic carbocycles. The molecule has 3 aromatic carbocycles. The Kier molecular flexibility index (Phi) is 10.7. The summed E-state index contributed by atoms with van der Waals surface area (Å²) in [6.07, 6.45) is 0.940. The number of carbonyl (C=O) groups excluding carboxylic acids is 1. The van der Waals surface area contributed by atoms with E-state index in [1.54, 1.807) is 7.11 Å². The first-order chi connectivity index (χ1) is 20.1. The summed E-state index contributed by atoms with van der Waals surface area (Å²) >= 11 is 0. The van der Waals surface area contributed by atoms with Crippen molar-refractivity contribution in [3.8, 4) is 5.75 Å². The molecule has 0 unspecified atom stereocenters. The highest BCUT2D eigenvalue weighted by molar-refractivity contribution is 5.68. The van der Waals surface area contributed by atoms with Crippen molar-refractivity contribution < 1.29 is 19.0 Å². The molecule has 226 valence electrons. The van der Waals surface area contributed by atoms with Crippen molar-refractivity contribution in [1.82, 2.24) is 4.90 Å². The zero-order valence-electron chi connectivity index (χ0n) is 26.7. The number of amides is 1. The number of rotatable bonds is 11. The summed E-state index contributed by atoms with van der Waals surface area (Å²) in [7, 11) is 1.67. The summed E-state index contributed by atoms with van der Waals surface area (Å²) in [6, 6.07) is 22.6. The molecule has 0 spiro atoms. The fourth-order valence-corrected chi connectivity index (χ4v) is 6.07. The molecule has 0 N–H and O–H groups in total. The molecular formula is C37H49NO4. The average Bonchev–Trinajstić information content (AvgIpc) is 3.37. The van der Waals surface area contributed by atoms with Gasteiger partial charge in [-0.1, -0.05) is 96.1 Å². The third-order valence-electron chi connectivity index (χ3n) is 8.49. The molecule has 1 aliphatic heterocycles. The van der Waals surface area contributed by atoms with Gasteiger partial charge in [-0.2, -0.15) is 0 Å². The first-order valence-corrected chi connectivity index (χ1v) is 15.5. The van der Waals surface area contributed by atoms with Crippen molar-refractivity contribution in [3.63, 3.8) is 0 Å². The van der Waals surface area contributed by atoms with E-state index in [0.717, 1.165) is 23.3 Å². The number of hydrogen-bond acceptors (Lipinski definition) is 4. The maximum Gasteiger partial charge on any atom is 0.410 e. The molecule has 0 bridgehead atoms. The van der Waals surface area contributed by atoms with Crippen LogP contribution < -0.4 is 4.74 Å². The van der Waals surface area contributed by atoms with E-state index < -0.39 is 0 Å². The zero-order chi connectivity index (χ0) is 30.4. The number of carbonyl (C=O) groups is 1. The topological polar surface area (TPSA) is 48.0 Å². The minimum atomic E-state index is -0.289. The summed E-state index contributed by atoms with van der Waals surface area (Å²) in [5, 5.41) is 0. The van der Waals surface area contributed by atoms with Crippen LogP contribution >= 0.6 is 0 Å². The molecule has 0 saturated carbocycles. The van der Waals surface area contributed by atoms with Gasteiger partial charge in [-0.15, -0.1) is 0 Å². The van der Waals surface area contributed by atoms with Gasteiger partial charge in [0.25, 0.3) is 0 Å². The molecule has 1 aliphatic rings. The predicted octanol–water partition coefficient (Wildman–Crippen LogP) is 9.17. The second kappa shape index (κ2) is 14.2. The highest BCUT2D eigenvalue weighted by Gasteiger charge is 2.40. The summed E-state index contributed by atoms with van der Waals surface area (Å²) in [6.45, 7) is 16.6. The monoisotopic (exact) mass is 571 g/mol. The number of hydrogen-bond donors (Lipinski definition) is 0. The summed E-state index contributed by atoms with van der Waals surface area (Å²) in [4.78, 5) is 15.3. The Morgan fingerprint density at radius 3 is 2.00 bits per heavy atom. The molecule has 1 heterocycles. The minimum Gasteiger partial charge on any atom is -0.497 e. The van der Waals surface area contributed by atoms with Crippen LogP contribution in [-0.4, -0.2) is 36.8 Å². The Morgan fingerprint density at radius 1 is 0.833 bits per heavy atom. The Balaban J connectivity index is 1.61. The van der Waals surface area contributed by atoms with Crippen LogP contribution in [0.4, 0.5) is 4.79 Å². The molecule has 0 aromatic heterocycles. The lowest BCUT2D eigenvalue weighted by molar-refractivity contribution is -0.0230. The van der Waals surface area contributed by atoms with Gasteiger partial charge in [0.1, 0.15) is 12.4 Å². The van der Waals surface area contributed by atoms with Crippen LogP contribution in [0, 0.1) is 0 Å². The van der Waals surface area contributed by atoms with Crippen LogP contribution in [0.5, 0.6) is 5.75 Å². The quantitative estimate of drug-likeness (QED) is 0.230. The van der Waals surface area contributed by atoms with E-state index in [1.165, 1.54) is 22.3 Å². The van der Waals surface area contributed by atoms with Crippen molar-refractivity contribution >= 4 is 6.09 Å². The largest absolute Gasteiger partial charge is 0.497 e. The molecule has 1 fully saturated rings. The maximum absolute atomic E-state index is 13.4. The minimum absolute atomic E-state index is 0.107. The fraction of sp³-hybridized carbons (Fsp3) is 0.486. The van der Waals surface area contributed by atoms with E-state index in [2.05, 4.69) is 72.7 Å². The van der Waals surface area contributed by atoms with E-state index in [4.69, 9.17) is 14.2 Å². The van der Waals surface area contributed by atoms with Crippen LogP contribution in [0.3, 0.4) is 0 Å². The number of likely N-dealkylation sites (tertiary alicyclic amines) is 1. The first-order valence-electron chi connectivity index (χ1n) is 15.5.